The zero-order valence-corrected chi connectivity index (χ0v) is 9.86. The molecule has 1 heterocycles. The number of hydrogen-bond donors (Lipinski definition) is 1. The van der Waals surface area contributed by atoms with Gasteiger partial charge in [-0.25, -0.2) is 0 Å². The topological polar surface area (TPSA) is 61.9 Å². The van der Waals surface area contributed by atoms with Gasteiger partial charge < -0.3 is 15.0 Å². The van der Waals surface area contributed by atoms with Gasteiger partial charge >= 0.3 is 0 Å². The van der Waals surface area contributed by atoms with E-state index in [9.17, 15) is 9.59 Å². The van der Waals surface area contributed by atoms with Gasteiger partial charge in [-0.3, -0.25) is 14.5 Å². The Hall–Kier alpha value is -1.14. The summed E-state index contributed by atoms with van der Waals surface area (Å²) in [5.41, 5.74) is 0. The van der Waals surface area contributed by atoms with Crippen molar-refractivity contribution in [2.75, 3.05) is 46.6 Å². The number of piperazine rings is 1. The molecule has 1 aliphatic heterocycles. The maximum Gasteiger partial charge on any atom is 0.248 e. The minimum atomic E-state index is -0.0297. The molecule has 6 heteroatoms. The van der Waals surface area contributed by atoms with Crippen molar-refractivity contribution in [1.29, 1.82) is 0 Å². The molecule has 16 heavy (non-hydrogen) atoms. The van der Waals surface area contributed by atoms with Gasteiger partial charge in [0.2, 0.25) is 11.8 Å². The van der Waals surface area contributed by atoms with Crippen molar-refractivity contribution >= 4 is 11.8 Å². The average Bonchev–Trinajstić information content (AvgIpc) is 2.27. The normalized spacial score (nSPS) is 17.2. The molecule has 0 aromatic heterocycles. The third-order valence-electron chi connectivity index (χ3n) is 2.54. The number of nitrogens with one attached hydrogen (secondary N) is 1. The number of carbonyl (C=O) groups is 2. The highest BCUT2D eigenvalue weighted by molar-refractivity contribution is 5.77. The van der Waals surface area contributed by atoms with Crippen molar-refractivity contribution in [3.63, 3.8) is 0 Å². The van der Waals surface area contributed by atoms with E-state index in [4.69, 9.17) is 4.74 Å². The van der Waals surface area contributed by atoms with Crippen LogP contribution in [-0.4, -0.2) is 68.2 Å². The SMILES string of the molecule is COCC(=O)N1CCN(CNC(C)=O)CC1. The second kappa shape index (κ2) is 6.44. The number of hydrogen-bond acceptors (Lipinski definition) is 4. The molecule has 1 N–H and O–H groups in total. The number of methoxy groups -OCH3 is 1. The van der Waals surface area contributed by atoms with Gasteiger partial charge in [0, 0.05) is 40.2 Å². The van der Waals surface area contributed by atoms with Crippen molar-refractivity contribution in [2.24, 2.45) is 0 Å². The highest BCUT2D eigenvalue weighted by Crippen LogP contribution is 2.01. The van der Waals surface area contributed by atoms with Crippen molar-refractivity contribution in [1.82, 2.24) is 15.1 Å². The van der Waals surface area contributed by atoms with E-state index in [2.05, 4.69) is 10.2 Å². The maximum absolute atomic E-state index is 11.5. The highest BCUT2D eigenvalue weighted by Gasteiger charge is 2.20. The first kappa shape index (κ1) is 12.9. The summed E-state index contributed by atoms with van der Waals surface area (Å²) in [7, 11) is 1.52. The monoisotopic (exact) mass is 229 g/mol. The Labute approximate surface area is 95.5 Å². The van der Waals surface area contributed by atoms with Crippen LogP contribution in [0.25, 0.3) is 0 Å². The standard InChI is InChI=1S/C10H19N3O3/c1-9(14)11-8-12-3-5-13(6-4-12)10(15)7-16-2/h3-8H2,1-2H3,(H,11,14). The third-order valence-corrected chi connectivity index (χ3v) is 2.54. The summed E-state index contributed by atoms with van der Waals surface area (Å²) < 4.78 is 4.80. The van der Waals surface area contributed by atoms with Gasteiger partial charge in [-0.2, -0.15) is 0 Å². The van der Waals surface area contributed by atoms with E-state index in [1.54, 1.807) is 4.90 Å². The molecule has 1 saturated heterocycles. The number of nitrogens with zero attached hydrogens (tertiary/aromatic N) is 2. The predicted molar refractivity (Wildman–Crippen MR) is 58.7 cm³/mol. The second-order valence-electron chi connectivity index (χ2n) is 3.82. The first-order valence-corrected chi connectivity index (χ1v) is 5.37. The van der Waals surface area contributed by atoms with Gasteiger partial charge in [-0.15, -0.1) is 0 Å². The lowest BCUT2D eigenvalue weighted by molar-refractivity contribution is -0.137. The molecule has 6 nitrogen and oxygen atoms in total. The molecule has 2 amide bonds. The van der Waals surface area contributed by atoms with Gasteiger partial charge in [0.25, 0.3) is 0 Å². The quantitative estimate of drug-likeness (QED) is 0.662. The fourth-order valence-corrected chi connectivity index (χ4v) is 1.59. The maximum atomic E-state index is 11.5. The van der Waals surface area contributed by atoms with E-state index in [1.807, 2.05) is 0 Å². The molecule has 0 spiro atoms. The summed E-state index contributed by atoms with van der Waals surface area (Å²) in [4.78, 5) is 26.1. The van der Waals surface area contributed by atoms with Crippen LogP contribution in [0.5, 0.6) is 0 Å². The molecule has 0 aromatic carbocycles. The van der Waals surface area contributed by atoms with Crippen molar-refractivity contribution in [3.05, 3.63) is 0 Å². The van der Waals surface area contributed by atoms with Crippen LogP contribution >= 0.6 is 0 Å². The second-order valence-corrected chi connectivity index (χ2v) is 3.82. The number of amides is 2. The molecule has 1 fully saturated rings. The minimum Gasteiger partial charge on any atom is -0.375 e. The zero-order chi connectivity index (χ0) is 12.0. The summed E-state index contributed by atoms with van der Waals surface area (Å²) in [6.45, 7) is 5.17. The van der Waals surface area contributed by atoms with Crippen molar-refractivity contribution < 1.29 is 14.3 Å². The van der Waals surface area contributed by atoms with Crippen LogP contribution in [-0.2, 0) is 14.3 Å². The fraction of sp³-hybridized carbons (Fsp3) is 0.800. The lowest BCUT2D eigenvalue weighted by Gasteiger charge is -2.34. The molecule has 1 aliphatic rings. The smallest absolute Gasteiger partial charge is 0.248 e. The Morgan fingerprint density at radius 2 is 1.88 bits per heavy atom. The van der Waals surface area contributed by atoms with E-state index in [-0.39, 0.29) is 18.4 Å². The molecule has 1 rings (SSSR count). The first-order chi connectivity index (χ1) is 7.63. The minimum absolute atomic E-state index is 0.0293. The van der Waals surface area contributed by atoms with Crippen LogP contribution < -0.4 is 5.32 Å². The number of carbonyl (C=O) groups excluding carboxylic acids is 2. The summed E-state index contributed by atoms with van der Waals surface area (Å²) in [5, 5.41) is 2.74. The zero-order valence-electron chi connectivity index (χ0n) is 9.86. The van der Waals surface area contributed by atoms with Gasteiger partial charge in [0.05, 0.1) is 6.67 Å². The molecular formula is C10H19N3O3. The van der Waals surface area contributed by atoms with Crippen LogP contribution in [0.4, 0.5) is 0 Å². The molecule has 0 aromatic rings. The largest absolute Gasteiger partial charge is 0.375 e. The average molecular weight is 229 g/mol. The van der Waals surface area contributed by atoms with Crippen LogP contribution in [0.3, 0.4) is 0 Å². The molecule has 0 radical (unpaired) electrons. The van der Waals surface area contributed by atoms with Gasteiger partial charge in [-0.05, 0) is 0 Å². The van der Waals surface area contributed by atoms with Crippen LogP contribution in [0.15, 0.2) is 0 Å². The lowest BCUT2D eigenvalue weighted by atomic mass is 10.3. The van der Waals surface area contributed by atoms with Crippen molar-refractivity contribution in [2.45, 2.75) is 6.92 Å². The number of ether oxygens (including phenoxy) is 1. The van der Waals surface area contributed by atoms with E-state index < -0.39 is 0 Å². The molecule has 0 atom stereocenters. The Bertz CT molecular complexity index is 250. The van der Waals surface area contributed by atoms with E-state index in [0.717, 1.165) is 13.1 Å². The van der Waals surface area contributed by atoms with Gasteiger partial charge in [0.15, 0.2) is 0 Å². The molecule has 0 saturated carbocycles. The van der Waals surface area contributed by atoms with Crippen LogP contribution in [0, 0.1) is 0 Å². The van der Waals surface area contributed by atoms with Crippen LogP contribution in [0.1, 0.15) is 6.92 Å². The molecule has 0 bridgehead atoms. The fourth-order valence-electron chi connectivity index (χ4n) is 1.59. The van der Waals surface area contributed by atoms with Crippen molar-refractivity contribution in [3.8, 4) is 0 Å². The highest BCUT2D eigenvalue weighted by atomic mass is 16.5. The lowest BCUT2D eigenvalue weighted by Crippen LogP contribution is -2.52. The van der Waals surface area contributed by atoms with Gasteiger partial charge in [0.1, 0.15) is 6.61 Å². The van der Waals surface area contributed by atoms with Gasteiger partial charge in [-0.1, -0.05) is 0 Å². The molecular weight excluding hydrogens is 210 g/mol. The molecule has 0 unspecified atom stereocenters. The summed E-state index contributed by atoms with van der Waals surface area (Å²) in [6.07, 6.45) is 0. The molecule has 92 valence electrons. The van der Waals surface area contributed by atoms with Crippen LogP contribution in [0.2, 0.25) is 0 Å². The Morgan fingerprint density at radius 3 is 2.38 bits per heavy atom. The number of rotatable bonds is 4. The molecule has 0 aliphatic carbocycles. The predicted octanol–water partition coefficient (Wildman–Crippen LogP) is -1.13. The summed E-state index contributed by atoms with van der Waals surface area (Å²) in [5.74, 6) is -0.000402. The Balaban J connectivity index is 2.23. The first-order valence-electron chi connectivity index (χ1n) is 5.37. The summed E-state index contributed by atoms with van der Waals surface area (Å²) in [6, 6.07) is 0. The third kappa shape index (κ3) is 4.16. The Kier molecular flexibility index (Phi) is 5.21. The Morgan fingerprint density at radius 1 is 1.25 bits per heavy atom. The van der Waals surface area contributed by atoms with E-state index in [1.165, 1.54) is 14.0 Å². The van der Waals surface area contributed by atoms with E-state index >= 15 is 0 Å². The van der Waals surface area contributed by atoms with E-state index in [0.29, 0.717) is 19.8 Å². The summed E-state index contributed by atoms with van der Waals surface area (Å²) >= 11 is 0.